The van der Waals surface area contributed by atoms with E-state index in [1.54, 1.807) is 14.2 Å². The van der Waals surface area contributed by atoms with Crippen molar-refractivity contribution in [1.82, 2.24) is 15.1 Å². The maximum Gasteiger partial charge on any atom is 0.407 e. The molecule has 2 amide bonds. The lowest BCUT2D eigenvalue weighted by atomic mass is 9.79. The standard InChI is InChI=1S/C24H35N3O5/c1-24(2,3)32-23(29)25-18-13-19-16-12-21(31-5)20(30-4)11-15(16)7-10-27(19)14-17(18)22(28)26-8-6-9-26/h11-12,17-19H,6-10,13-14H2,1-5H3,(H,25,29). The molecule has 32 heavy (non-hydrogen) atoms. The van der Waals surface area contributed by atoms with Gasteiger partial charge in [0.1, 0.15) is 5.60 Å². The number of methoxy groups -OCH3 is 2. The molecule has 0 spiro atoms. The average molecular weight is 446 g/mol. The Balaban J connectivity index is 1.61. The molecule has 0 radical (unpaired) electrons. The number of carbonyl (C=O) groups is 2. The normalized spacial score (nSPS) is 25.2. The van der Waals surface area contributed by atoms with Gasteiger partial charge in [0.15, 0.2) is 11.5 Å². The smallest absolute Gasteiger partial charge is 0.407 e. The summed E-state index contributed by atoms with van der Waals surface area (Å²) in [6, 6.07) is 3.91. The van der Waals surface area contributed by atoms with Gasteiger partial charge in [-0.1, -0.05) is 0 Å². The van der Waals surface area contributed by atoms with E-state index >= 15 is 0 Å². The summed E-state index contributed by atoms with van der Waals surface area (Å²) in [5, 5.41) is 3.03. The SMILES string of the molecule is COc1cc2c(cc1OC)C1CC(NC(=O)OC(C)(C)C)C(C(=O)N3CCC3)CN1CC2. The van der Waals surface area contributed by atoms with E-state index in [0.29, 0.717) is 18.7 Å². The highest BCUT2D eigenvalue weighted by atomic mass is 16.6. The molecule has 3 atom stereocenters. The summed E-state index contributed by atoms with van der Waals surface area (Å²) in [6.45, 7) is 8.62. The van der Waals surface area contributed by atoms with Crippen molar-refractivity contribution in [2.75, 3.05) is 40.4 Å². The molecule has 176 valence electrons. The lowest BCUT2D eigenvalue weighted by Gasteiger charge is -2.48. The van der Waals surface area contributed by atoms with Crippen LogP contribution in [-0.2, 0) is 16.0 Å². The van der Waals surface area contributed by atoms with Gasteiger partial charge in [-0.2, -0.15) is 0 Å². The van der Waals surface area contributed by atoms with Crippen LogP contribution in [0.3, 0.4) is 0 Å². The van der Waals surface area contributed by atoms with Crippen LogP contribution in [0.15, 0.2) is 12.1 Å². The number of piperidine rings is 1. The quantitative estimate of drug-likeness (QED) is 0.768. The number of amides is 2. The topological polar surface area (TPSA) is 80.3 Å². The molecule has 2 saturated heterocycles. The molecular weight excluding hydrogens is 410 g/mol. The van der Waals surface area contributed by atoms with Crippen LogP contribution in [0.25, 0.3) is 0 Å². The fourth-order valence-electron chi connectivity index (χ4n) is 5.00. The molecule has 3 aliphatic rings. The van der Waals surface area contributed by atoms with Gasteiger partial charge in [0, 0.05) is 38.3 Å². The molecule has 0 saturated carbocycles. The van der Waals surface area contributed by atoms with Gasteiger partial charge < -0.3 is 24.4 Å². The van der Waals surface area contributed by atoms with Crippen LogP contribution in [-0.4, -0.2) is 73.8 Å². The van der Waals surface area contributed by atoms with Gasteiger partial charge in [-0.25, -0.2) is 4.79 Å². The third kappa shape index (κ3) is 4.51. The van der Waals surface area contributed by atoms with E-state index < -0.39 is 11.7 Å². The first-order valence-electron chi connectivity index (χ1n) is 11.5. The Labute approximate surface area is 190 Å². The molecule has 3 heterocycles. The summed E-state index contributed by atoms with van der Waals surface area (Å²) in [5.74, 6) is 1.28. The maximum atomic E-state index is 13.2. The Bertz CT molecular complexity index is 877. The van der Waals surface area contributed by atoms with Crippen LogP contribution in [0.2, 0.25) is 0 Å². The number of ether oxygens (including phenoxy) is 3. The number of nitrogens with zero attached hydrogens (tertiary/aromatic N) is 2. The lowest BCUT2D eigenvalue weighted by Crippen LogP contribution is -2.60. The number of benzene rings is 1. The Morgan fingerprint density at radius 3 is 2.34 bits per heavy atom. The van der Waals surface area contributed by atoms with Crippen LogP contribution < -0.4 is 14.8 Å². The van der Waals surface area contributed by atoms with E-state index in [1.165, 1.54) is 11.1 Å². The minimum atomic E-state index is -0.594. The zero-order valence-corrected chi connectivity index (χ0v) is 19.8. The van der Waals surface area contributed by atoms with Crippen LogP contribution in [0.1, 0.15) is 50.8 Å². The Hall–Kier alpha value is -2.48. The Morgan fingerprint density at radius 2 is 1.75 bits per heavy atom. The average Bonchev–Trinajstić information content (AvgIpc) is 2.69. The predicted molar refractivity (Wildman–Crippen MR) is 120 cm³/mol. The van der Waals surface area contributed by atoms with Gasteiger partial charge in [-0.15, -0.1) is 0 Å². The number of nitrogens with one attached hydrogen (secondary N) is 1. The molecule has 3 unspecified atom stereocenters. The summed E-state index contributed by atoms with van der Waals surface area (Å²) in [5.41, 5.74) is 1.82. The number of likely N-dealkylation sites (tertiary alicyclic amines) is 1. The molecule has 3 aliphatic heterocycles. The van der Waals surface area contributed by atoms with E-state index in [-0.39, 0.29) is 23.9 Å². The molecule has 0 aliphatic carbocycles. The summed E-state index contributed by atoms with van der Waals surface area (Å²) in [7, 11) is 3.28. The Kier molecular flexibility index (Phi) is 6.25. The van der Waals surface area contributed by atoms with E-state index in [9.17, 15) is 9.59 Å². The van der Waals surface area contributed by atoms with Crippen LogP contribution in [0.4, 0.5) is 4.79 Å². The van der Waals surface area contributed by atoms with Crippen molar-refractivity contribution in [1.29, 1.82) is 0 Å². The van der Waals surface area contributed by atoms with Crippen LogP contribution >= 0.6 is 0 Å². The second-order valence-electron chi connectivity index (χ2n) is 9.94. The van der Waals surface area contributed by atoms with Crippen molar-refractivity contribution >= 4 is 12.0 Å². The van der Waals surface area contributed by atoms with Gasteiger partial charge >= 0.3 is 6.09 Å². The van der Waals surface area contributed by atoms with Crippen LogP contribution in [0, 0.1) is 5.92 Å². The zero-order valence-electron chi connectivity index (χ0n) is 19.8. The van der Waals surface area contributed by atoms with Crippen molar-refractivity contribution in [3.8, 4) is 11.5 Å². The number of fused-ring (bicyclic) bond motifs is 3. The zero-order chi connectivity index (χ0) is 23.0. The third-order valence-electron chi connectivity index (χ3n) is 6.69. The second-order valence-corrected chi connectivity index (χ2v) is 9.94. The largest absolute Gasteiger partial charge is 0.493 e. The summed E-state index contributed by atoms with van der Waals surface area (Å²) < 4.78 is 16.6. The monoisotopic (exact) mass is 445 g/mol. The highest BCUT2D eigenvalue weighted by Crippen LogP contribution is 2.43. The van der Waals surface area contributed by atoms with Crippen molar-refractivity contribution in [3.05, 3.63) is 23.3 Å². The molecule has 0 bridgehead atoms. The van der Waals surface area contributed by atoms with Crippen LogP contribution in [0.5, 0.6) is 11.5 Å². The minimum Gasteiger partial charge on any atom is -0.493 e. The van der Waals surface area contributed by atoms with Crippen molar-refractivity contribution in [2.24, 2.45) is 5.92 Å². The number of rotatable bonds is 4. The molecule has 1 aromatic rings. The first-order chi connectivity index (χ1) is 15.2. The number of carbonyl (C=O) groups excluding carboxylic acids is 2. The van der Waals surface area contributed by atoms with Crippen molar-refractivity contribution < 1.29 is 23.8 Å². The molecular formula is C24H35N3O5. The fourth-order valence-corrected chi connectivity index (χ4v) is 5.00. The van der Waals surface area contributed by atoms with E-state index in [0.717, 1.165) is 38.2 Å². The highest BCUT2D eigenvalue weighted by molar-refractivity contribution is 5.81. The summed E-state index contributed by atoms with van der Waals surface area (Å²) in [4.78, 5) is 30.1. The number of hydrogen-bond donors (Lipinski definition) is 1. The third-order valence-corrected chi connectivity index (χ3v) is 6.69. The van der Waals surface area contributed by atoms with Gasteiger partial charge in [-0.3, -0.25) is 9.69 Å². The summed E-state index contributed by atoms with van der Waals surface area (Å²) in [6.07, 6.45) is 2.11. The second kappa shape index (κ2) is 8.81. The number of hydrogen-bond acceptors (Lipinski definition) is 6. The van der Waals surface area contributed by atoms with Gasteiger partial charge in [0.05, 0.1) is 20.1 Å². The molecule has 1 N–H and O–H groups in total. The summed E-state index contributed by atoms with van der Waals surface area (Å²) >= 11 is 0. The van der Waals surface area contributed by atoms with Gasteiger partial charge in [0.2, 0.25) is 5.91 Å². The predicted octanol–water partition coefficient (Wildman–Crippen LogP) is 2.75. The van der Waals surface area contributed by atoms with Gasteiger partial charge in [-0.05, 0) is 63.3 Å². The first-order valence-corrected chi connectivity index (χ1v) is 11.5. The maximum absolute atomic E-state index is 13.2. The van der Waals surface area contributed by atoms with E-state index in [1.807, 2.05) is 31.7 Å². The minimum absolute atomic E-state index is 0.0962. The molecule has 1 aromatic carbocycles. The van der Waals surface area contributed by atoms with Gasteiger partial charge in [0.25, 0.3) is 0 Å². The Morgan fingerprint density at radius 1 is 1.06 bits per heavy atom. The number of alkyl carbamates (subject to hydrolysis) is 1. The molecule has 4 rings (SSSR count). The highest BCUT2D eigenvalue weighted by Gasteiger charge is 2.45. The fraction of sp³-hybridized carbons (Fsp3) is 0.667. The molecule has 2 fully saturated rings. The molecule has 0 aromatic heterocycles. The lowest BCUT2D eigenvalue weighted by molar-refractivity contribution is -0.143. The van der Waals surface area contributed by atoms with E-state index in [4.69, 9.17) is 14.2 Å². The van der Waals surface area contributed by atoms with Crippen molar-refractivity contribution in [3.63, 3.8) is 0 Å². The van der Waals surface area contributed by atoms with Crippen molar-refractivity contribution in [2.45, 2.75) is 57.7 Å². The first kappa shape index (κ1) is 22.7. The molecule has 8 heteroatoms. The van der Waals surface area contributed by atoms with E-state index in [2.05, 4.69) is 16.3 Å². The molecule has 8 nitrogen and oxygen atoms in total.